The van der Waals surface area contributed by atoms with Gasteiger partial charge in [0.2, 0.25) is 5.91 Å². The van der Waals surface area contributed by atoms with Gasteiger partial charge in [-0.25, -0.2) is 0 Å². The fourth-order valence-electron chi connectivity index (χ4n) is 2.64. The minimum atomic E-state index is 0.168. The normalized spacial score (nSPS) is 33.3. The molecule has 2 aliphatic rings. The summed E-state index contributed by atoms with van der Waals surface area (Å²) in [5, 5.41) is 0. The van der Waals surface area contributed by atoms with E-state index in [1.54, 1.807) is 6.92 Å². The average molecular weight is 181 g/mol. The molecule has 0 aromatic carbocycles. The summed E-state index contributed by atoms with van der Waals surface area (Å²) < 4.78 is 0. The van der Waals surface area contributed by atoms with Crippen molar-refractivity contribution < 1.29 is 9.59 Å². The molecule has 0 N–H and O–H groups in total. The van der Waals surface area contributed by atoms with E-state index in [2.05, 4.69) is 0 Å². The van der Waals surface area contributed by atoms with Crippen LogP contribution < -0.4 is 0 Å². The van der Waals surface area contributed by atoms with Gasteiger partial charge in [0.25, 0.3) is 0 Å². The van der Waals surface area contributed by atoms with E-state index in [0.29, 0.717) is 30.6 Å². The van der Waals surface area contributed by atoms with Crippen LogP contribution in [0.25, 0.3) is 0 Å². The Labute approximate surface area is 78.1 Å². The van der Waals surface area contributed by atoms with Crippen LogP contribution >= 0.6 is 0 Å². The summed E-state index contributed by atoms with van der Waals surface area (Å²) in [6.45, 7) is 2.48. The molecule has 1 aliphatic heterocycles. The number of carbonyl (C=O) groups excluding carboxylic acids is 2. The first-order chi connectivity index (χ1) is 6.18. The van der Waals surface area contributed by atoms with Crippen molar-refractivity contribution in [3.8, 4) is 0 Å². The van der Waals surface area contributed by atoms with Crippen LogP contribution in [-0.2, 0) is 9.59 Å². The number of fused-ring (bicyclic) bond motifs is 1. The molecule has 72 valence electrons. The maximum Gasteiger partial charge on any atom is 0.219 e. The molecule has 2 fully saturated rings. The first-order valence-electron chi connectivity index (χ1n) is 4.97. The van der Waals surface area contributed by atoms with Gasteiger partial charge in [0, 0.05) is 32.4 Å². The second kappa shape index (κ2) is 3.13. The van der Waals surface area contributed by atoms with Gasteiger partial charge in [0.15, 0.2) is 0 Å². The topological polar surface area (TPSA) is 37.4 Å². The van der Waals surface area contributed by atoms with Gasteiger partial charge in [-0.2, -0.15) is 0 Å². The molecule has 0 aromatic rings. The maximum absolute atomic E-state index is 11.2. The Kier molecular flexibility index (Phi) is 2.10. The Hall–Kier alpha value is -0.860. The van der Waals surface area contributed by atoms with E-state index in [9.17, 15) is 9.59 Å². The summed E-state index contributed by atoms with van der Waals surface area (Å²) in [5.41, 5.74) is 0. The van der Waals surface area contributed by atoms with E-state index in [-0.39, 0.29) is 5.91 Å². The van der Waals surface area contributed by atoms with Crippen molar-refractivity contribution in [1.29, 1.82) is 0 Å². The molecular weight excluding hydrogens is 166 g/mol. The lowest BCUT2D eigenvalue weighted by molar-refractivity contribution is -0.132. The van der Waals surface area contributed by atoms with Crippen LogP contribution in [-0.4, -0.2) is 29.2 Å². The van der Waals surface area contributed by atoms with Crippen LogP contribution in [0.4, 0.5) is 0 Å². The molecule has 0 unspecified atom stereocenters. The van der Waals surface area contributed by atoms with Crippen LogP contribution in [0, 0.1) is 5.92 Å². The van der Waals surface area contributed by atoms with E-state index < -0.39 is 0 Å². The number of rotatable bonds is 0. The summed E-state index contributed by atoms with van der Waals surface area (Å²) in [4.78, 5) is 24.3. The third-order valence-electron chi connectivity index (χ3n) is 3.30. The number of hydrogen-bond donors (Lipinski definition) is 0. The number of nitrogens with zero attached hydrogens (tertiary/aromatic N) is 1. The summed E-state index contributed by atoms with van der Waals surface area (Å²) in [6, 6.07) is 0.371. The van der Waals surface area contributed by atoms with Crippen molar-refractivity contribution in [3.05, 3.63) is 0 Å². The van der Waals surface area contributed by atoms with Gasteiger partial charge in [-0.05, 0) is 18.8 Å². The molecule has 0 radical (unpaired) electrons. The van der Waals surface area contributed by atoms with Crippen molar-refractivity contribution in [2.24, 2.45) is 5.92 Å². The summed E-state index contributed by atoms with van der Waals surface area (Å²) >= 11 is 0. The molecule has 1 saturated carbocycles. The predicted octanol–water partition coefficient (Wildman–Crippen LogP) is 0.976. The lowest BCUT2D eigenvalue weighted by atomic mass is 9.84. The molecule has 0 aromatic heterocycles. The van der Waals surface area contributed by atoms with E-state index in [4.69, 9.17) is 0 Å². The SMILES string of the molecule is CC(=O)N1CC[C@@H]2CC(=O)CC[C@@H]21. The number of ketones is 1. The van der Waals surface area contributed by atoms with Crippen LogP contribution in [0.3, 0.4) is 0 Å². The molecule has 0 bridgehead atoms. The van der Waals surface area contributed by atoms with Crippen LogP contribution in [0.15, 0.2) is 0 Å². The van der Waals surface area contributed by atoms with Crippen molar-refractivity contribution in [2.75, 3.05) is 6.54 Å². The predicted molar refractivity (Wildman–Crippen MR) is 48.1 cm³/mol. The minimum Gasteiger partial charge on any atom is -0.340 e. The fourth-order valence-corrected chi connectivity index (χ4v) is 2.64. The molecule has 1 aliphatic carbocycles. The van der Waals surface area contributed by atoms with Crippen molar-refractivity contribution in [2.45, 2.75) is 38.6 Å². The zero-order chi connectivity index (χ0) is 9.42. The van der Waals surface area contributed by atoms with Crippen LogP contribution in [0.2, 0.25) is 0 Å². The fraction of sp³-hybridized carbons (Fsp3) is 0.800. The van der Waals surface area contributed by atoms with Crippen LogP contribution in [0.1, 0.15) is 32.6 Å². The minimum absolute atomic E-state index is 0.168. The largest absolute Gasteiger partial charge is 0.340 e. The highest BCUT2D eigenvalue weighted by Gasteiger charge is 2.39. The molecule has 1 saturated heterocycles. The van der Waals surface area contributed by atoms with Gasteiger partial charge < -0.3 is 4.90 Å². The average Bonchev–Trinajstić information content (AvgIpc) is 2.46. The quantitative estimate of drug-likeness (QED) is 0.558. The van der Waals surface area contributed by atoms with E-state index in [1.807, 2.05) is 4.90 Å². The second-order valence-electron chi connectivity index (χ2n) is 4.11. The smallest absolute Gasteiger partial charge is 0.219 e. The Bertz CT molecular complexity index is 249. The lowest BCUT2D eigenvalue weighted by Crippen LogP contribution is -2.39. The Morgan fingerprint density at radius 1 is 1.46 bits per heavy atom. The van der Waals surface area contributed by atoms with E-state index in [0.717, 1.165) is 19.4 Å². The third-order valence-corrected chi connectivity index (χ3v) is 3.30. The monoisotopic (exact) mass is 181 g/mol. The number of hydrogen-bond acceptors (Lipinski definition) is 2. The van der Waals surface area contributed by atoms with Gasteiger partial charge >= 0.3 is 0 Å². The molecule has 2 atom stereocenters. The number of amides is 1. The highest BCUT2D eigenvalue weighted by Crippen LogP contribution is 2.34. The number of likely N-dealkylation sites (tertiary alicyclic amines) is 1. The Morgan fingerprint density at radius 3 is 2.92 bits per heavy atom. The summed E-state index contributed by atoms with van der Waals surface area (Å²) in [6.07, 6.45) is 3.29. The van der Waals surface area contributed by atoms with Gasteiger partial charge in [0.1, 0.15) is 5.78 Å². The summed E-state index contributed by atoms with van der Waals surface area (Å²) in [5.74, 6) is 1.01. The standard InChI is InChI=1S/C10H15NO2/c1-7(12)11-5-4-8-6-9(13)2-3-10(8)11/h8,10H,2-6H2,1H3/t8-,10+/m1/s1. The number of Topliss-reactive ketones (excluding diaryl/α,β-unsaturated/α-hetero) is 1. The molecule has 1 heterocycles. The highest BCUT2D eigenvalue weighted by atomic mass is 16.2. The highest BCUT2D eigenvalue weighted by molar-refractivity contribution is 5.80. The van der Waals surface area contributed by atoms with Crippen LogP contribution in [0.5, 0.6) is 0 Å². The zero-order valence-corrected chi connectivity index (χ0v) is 7.95. The third kappa shape index (κ3) is 1.47. The molecular formula is C10H15NO2. The molecule has 13 heavy (non-hydrogen) atoms. The van der Waals surface area contributed by atoms with Crippen molar-refractivity contribution in [3.63, 3.8) is 0 Å². The van der Waals surface area contributed by atoms with Gasteiger partial charge in [-0.3, -0.25) is 9.59 Å². The summed E-state index contributed by atoms with van der Waals surface area (Å²) in [7, 11) is 0. The Morgan fingerprint density at radius 2 is 2.23 bits per heavy atom. The maximum atomic E-state index is 11.2. The van der Waals surface area contributed by atoms with E-state index in [1.165, 1.54) is 0 Å². The zero-order valence-electron chi connectivity index (χ0n) is 7.95. The molecule has 3 nitrogen and oxygen atoms in total. The first-order valence-corrected chi connectivity index (χ1v) is 4.97. The molecule has 2 rings (SSSR count). The van der Waals surface area contributed by atoms with E-state index >= 15 is 0 Å². The van der Waals surface area contributed by atoms with Gasteiger partial charge in [-0.15, -0.1) is 0 Å². The Balaban J connectivity index is 2.08. The van der Waals surface area contributed by atoms with Crippen molar-refractivity contribution >= 4 is 11.7 Å². The second-order valence-corrected chi connectivity index (χ2v) is 4.11. The number of carbonyl (C=O) groups is 2. The van der Waals surface area contributed by atoms with Gasteiger partial charge in [0.05, 0.1) is 0 Å². The molecule has 3 heteroatoms. The van der Waals surface area contributed by atoms with Crippen molar-refractivity contribution in [1.82, 2.24) is 4.90 Å². The van der Waals surface area contributed by atoms with Gasteiger partial charge in [-0.1, -0.05) is 0 Å². The molecule has 0 spiro atoms. The lowest BCUT2D eigenvalue weighted by Gasteiger charge is -2.30. The molecule has 1 amide bonds. The first kappa shape index (κ1) is 8.73.